The summed E-state index contributed by atoms with van der Waals surface area (Å²) in [5.41, 5.74) is 10.1. The zero-order valence-electron chi connectivity index (χ0n) is 23.9. The molecular formula is C32H32N8O2. The number of benzene rings is 2. The molecule has 3 heterocycles. The van der Waals surface area contributed by atoms with Crippen molar-refractivity contribution in [2.24, 2.45) is 19.1 Å². The Morgan fingerprint density at radius 1 is 1.07 bits per heavy atom. The fourth-order valence-electron chi connectivity index (χ4n) is 4.94. The van der Waals surface area contributed by atoms with Gasteiger partial charge in [-0.15, -0.1) is 0 Å². The van der Waals surface area contributed by atoms with Crippen LogP contribution in [0.5, 0.6) is 0 Å². The second kappa shape index (κ2) is 11.5. The molecule has 0 radical (unpaired) electrons. The lowest BCUT2D eigenvalue weighted by molar-refractivity contribution is 0.0940. The number of nitrogen functional groups attached to an aromatic ring is 1. The van der Waals surface area contributed by atoms with Crippen LogP contribution in [-0.4, -0.2) is 36.2 Å². The third-order valence-electron chi connectivity index (χ3n) is 7.20. The van der Waals surface area contributed by atoms with Crippen LogP contribution in [0.4, 0.5) is 11.6 Å². The number of nitrogens with zero attached hydrogens (tertiary/aromatic N) is 6. The Morgan fingerprint density at radius 3 is 2.50 bits per heavy atom. The van der Waals surface area contributed by atoms with Gasteiger partial charge in [0.15, 0.2) is 11.6 Å². The molecule has 1 atom stereocenters. The first-order chi connectivity index (χ1) is 20.2. The number of aromatic nitrogens is 5. The van der Waals surface area contributed by atoms with Crippen LogP contribution in [0.15, 0.2) is 83.2 Å². The lowest BCUT2D eigenvalue weighted by Crippen LogP contribution is -2.32. The molecule has 42 heavy (non-hydrogen) atoms. The van der Waals surface area contributed by atoms with Crippen molar-refractivity contribution >= 4 is 46.7 Å². The van der Waals surface area contributed by atoms with Crippen molar-refractivity contribution in [3.63, 3.8) is 0 Å². The number of aryl methyl sites for hydroxylation is 2. The lowest BCUT2D eigenvalue weighted by atomic mass is 10.0. The van der Waals surface area contributed by atoms with Gasteiger partial charge >= 0.3 is 0 Å². The van der Waals surface area contributed by atoms with Crippen LogP contribution in [0.2, 0.25) is 0 Å². The van der Waals surface area contributed by atoms with Gasteiger partial charge in [0.05, 0.1) is 17.6 Å². The number of hydrogen-bond acceptors (Lipinski definition) is 6. The van der Waals surface area contributed by atoms with Crippen LogP contribution in [0.3, 0.4) is 0 Å². The highest BCUT2D eigenvalue weighted by atomic mass is 16.2. The maximum Gasteiger partial charge on any atom is 0.263 e. The first-order valence-electron chi connectivity index (χ1n) is 13.4. The molecule has 5 rings (SSSR count). The Labute approximate surface area is 243 Å². The van der Waals surface area contributed by atoms with E-state index in [0.717, 1.165) is 22.2 Å². The number of nitrogens with two attached hydrogens (primary N) is 1. The molecular weight excluding hydrogens is 528 g/mol. The third-order valence-corrected chi connectivity index (χ3v) is 7.20. The fourth-order valence-corrected chi connectivity index (χ4v) is 4.94. The number of amides is 1. The van der Waals surface area contributed by atoms with Gasteiger partial charge in [-0.2, -0.15) is 10.2 Å². The molecule has 0 saturated carbocycles. The molecule has 212 valence electrons. The second-order valence-electron chi connectivity index (χ2n) is 9.92. The minimum atomic E-state index is -0.581. The number of fused-ring (bicyclic) bond motifs is 1. The summed E-state index contributed by atoms with van der Waals surface area (Å²) in [5.74, 6) is -0.103. The number of aliphatic imine (C=N–C) groups is 1. The summed E-state index contributed by atoms with van der Waals surface area (Å²) in [6.45, 7) is 7.45. The number of hydrogen-bond donors (Lipinski definition) is 2. The molecule has 3 aromatic heterocycles. The molecule has 5 aromatic rings. The molecule has 0 aliphatic rings. The highest BCUT2D eigenvalue weighted by Gasteiger charge is 2.24. The van der Waals surface area contributed by atoms with Crippen molar-refractivity contribution in [2.45, 2.75) is 19.9 Å². The Kier molecular flexibility index (Phi) is 7.70. The number of anilines is 1. The summed E-state index contributed by atoms with van der Waals surface area (Å²) in [7, 11) is 3.55. The zero-order chi connectivity index (χ0) is 30.0. The van der Waals surface area contributed by atoms with Crippen molar-refractivity contribution in [2.75, 3.05) is 5.73 Å². The fraction of sp³-hybridized carbons (Fsp3) is 0.156. The van der Waals surface area contributed by atoms with Gasteiger partial charge in [0, 0.05) is 42.9 Å². The molecule has 0 spiro atoms. The summed E-state index contributed by atoms with van der Waals surface area (Å²) in [6.07, 6.45) is 8.66. The topological polar surface area (TPSA) is 125 Å². The third kappa shape index (κ3) is 5.17. The van der Waals surface area contributed by atoms with E-state index in [0.29, 0.717) is 22.6 Å². The van der Waals surface area contributed by atoms with E-state index in [1.165, 1.54) is 17.0 Å². The van der Waals surface area contributed by atoms with E-state index in [4.69, 9.17) is 5.73 Å². The molecule has 1 amide bonds. The largest absolute Gasteiger partial charge is 0.381 e. The van der Waals surface area contributed by atoms with E-state index >= 15 is 0 Å². The first kappa shape index (κ1) is 28.0. The molecule has 10 heteroatoms. The molecule has 0 fully saturated rings. The van der Waals surface area contributed by atoms with Crippen LogP contribution in [0, 0.1) is 6.92 Å². The van der Waals surface area contributed by atoms with Crippen LogP contribution >= 0.6 is 0 Å². The van der Waals surface area contributed by atoms with Gasteiger partial charge in [0.2, 0.25) is 0 Å². The number of rotatable bonds is 8. The van der Waals surface area contributed by atoms with Crippen LogP contribution in [0.1, 0.15) is 45.8 Å². The molecule has 1 unspecified atom stereocenters. The van der Waals surface area contributed by atoms with Crippen molar-refractivity contribution in [3.8, 4) is 5.69 Å². The summed E-state index contributed by atoms with van der Waals surface area (Å²) in [6, 6.07) is 16.5. The van der Waals surface area contributed by atoms with E-state index in [9.17, 15) is 9.59 Å². The number of pyridine rings is 1. The van der Waals surface area contributed by atoms with Gasteiger partial charge in [0.1, 0.15) is 5.56 Å². The standard InChI is InChI=1S/C32H32N8O2/c1-6-17-34-30-28(29(33)37-39(30)5)31(41)36-20(2)26-18-23-12-10-11-22(15-16-24-19-35-38(4)21(24)3)27(23)32(42)40(26)25-13-8-7-9-14-25/h6-20H,1H2,2-5H3,(H2,33,37)(H,36,41)/b16-15+,34-17-. The predicted molar refractivity (Wildman–Crippen MR) is 168 cm³/mol. The SMILES string of the molecule is C=C/C=N\c1c(C(=O)NC(C)c2cc3cccc(/C=C/c4cnn(C)c4C)c3c(=O)n2-c2ccccc2)c(N)nn1C. The molecule has 3 N–H and O–H groups in total. The zero-order valence-corrected chi connectivity index (χ0v) is 23.9. The van der Waals surface area contributed by atoms with Crippen LogP contribution in [-0.2, 0) is 14.1 Å². The summed E-state index contributed by atoms with van der Waals surface area (Å²) in [5, 5.41) is 12.8. The van der Waals surface area contributed by atoms with Gasteiger partial charge in [-0.1, -0.05) is 61.2 Å². The Bertz CT molecular complexity index is 1930. The van der Waals surface area contributed by atoms with Crippen molar-refractivity contribution in [3.05, 3.63) is 112 Å². The first-order valence-corrected chi connectivity index (χ1v) is 13.4. The smallest absolute Gasteiger partial charge is 0.263 e. The van der Waals surface area contributed by atoms with Gasteiger partial charge in [-0.3, -0.25) is 18.8 Å². The molecule has 0 aliphatic heterocycles. The minimum absolute atomic E-state index is 0.0534. The van der Waals surface area contributed by atoms with Gasteiger partial charge in [-0.05, 0) is 43.0 Å². The number of allylic oxidation sites excluding steroid dienone is 1. The van der Waals surface area contributed by atoms with Crippen LogP contribution < -0.4 is 16.6 Å². The normalized spacial score (nSPS) is 12.4. The van der Waals surface area contributed by atoms with Crippen LogP contribution in [0.25, 0.3) is 28.6 Å². The average molecular weight is 561 g/mol. The highest BCUT2D eigenvalue weighted by molar-refractivity contribution is 6.03. The molecule has 0 saturated heterocycles. The maximum absolute atomic E-state index is 14.3. The van der Waals surface area contributed by atoms with E-state index in [1.54, 1.807) is 22.5 Å². The van der Waals surface area contributed by atoms with Gasteiger partial charge in [0.25, 0.3) is 11.5 Å². The van der Waals surface area contributed by atoms with E-state index in [2.05, 4.69) is 27.1 Å². The Morgan fingerprint density at radius 2 is 1.81 bits per heavy atom. The predicted octanol–water partition coefficient (Wildman–Crippen LogP) is 4.90. The number of carbonyl (C=O) groups is 1. The second-order valence-corrected chi connectivity index (χ2v) is 9.92. The Hall–Kier alpha value is -5.51. The Balaban J connectivity index is 1.62. The monoisotopic (exact) mass is 560 g/mol. The summed E-state index contributed by atoms with van der Waals surface area (Å²) < 4.78 is 4.89. The molecule has 10 nitrogen and oxygen atoms in total. The number of para-hydroxylation sites is 1. The number of nitrogens with one attached hydrogen (secondary N) is 1. The molecule has 0 bridgehead atoms. The van der Waals surface area contributed by atoms with Gasteiger partial charge < -0.3 is 11.1 Å². The number of carbonyl (C=O) groups excluding carboxylic acids is 1. The minimum Gasteiger partial charge on any atom is -0.381 e. The van der Waals surface area contributed by atoms with Crippen molar-refractivity contribution in [1.82, 2.24) is 29.4 Å². The van der Waals surface area contributed by atoms with E-state index < -0.39 is 11.9 Å². The quantitative estimate of drug-likeness (QED) is 0.261. The molecule has 2 aromatic carbocycles. The van der Waals surface area contributed by atoms with E-state index in [1.807, 2.05) is 87.6 Å². The summed E-state index contributed by atoms with van der Waals surface area (Å²) in [4.78, 5) is 32.1. The highest BCUT2D eigenvalue weighted by Crippen LogP contribution is 2.27. The lowest BCUT2D eigenvalue weighted by Gasteiger charge is -2.21. The van der Waals surface area contributed by atoms with Crippen molar-refractivity contribution < 1.29 is 4.79 Å². The average Bonchev–Trinajstić information content (AvgIpc) is 3.45. The van der Waals surface area contributed by atoms with E-state index in [-0.39, 0.29) is 16.9 Å². The maximum atomic E-state index is 14.3. The van der Waals surface area contributed by atoms with Gasteiger partial charge in [-0.25, -0.2) is 9.67 Å². The summed E-state index contributed by atoms with van der Waals surface area (Å²) >= 11 is 0. The molecule has 0 aliphatic carbocycles. The van der Waals surface area contributed by atoms with Crippen molar-refractivity contribution in [1.29, 1.82) is 0 Å².